The van der Waals surface area contributed by atoms with Crippen molar-refractivity contribution in [3.63, 3.8) is 0 Å². The smallest absolute Gasteiger partial charge is 0.408 e. The molecular formula is C27H37N3O6S. The van der Waals surface area contributed by atoms with E-state index in [0.29, 0.717) is 23.4 Å². The molecule has 3 N–H and O–H groups in total. The standard InChI is InChI=1S/C27H37N3O6S/c1-7-17(2)30(25(33)22(16-37)29-26(34)36-27(3,4)5)23(18-9-8-10-20(31)15-18)24(32)28-19-11-13-21(35-6)14-12-19/h8-15,17,22-23,31,37H,7,16H2,1-6H3,(H,28,32)(H,29,34). The second-order valence-electron chi connectivity index (χ2n) is 9.60. The predicted octanol–water partition coefficient (Wildman–Crippen LogP) is 4.53. The summed E-state index contributed by atoms with van der Waals surface area (Å²) in [6.45, 7) is 8.87. The van der Waals surface area contributed by atoms with Gasteiger partial charge in [0.25, 0.3) is 5.91 Å². The number of hydrogen-bond acceptors (Lipinski definition) is 7. The number of carbonyl (C=O) groups is 3. The Morgan fingerprint density at radius 1 is 1.11 bits per heavy atom. The van der Waals surface area contributed by atoms with Gasteiger partial charge in [-0.2, -0.15) is 12.6 Å². The number of phenolic OH excluding ortho intramolecular Hbond substituents is 1. The van der Waals surface area contributed by atoms with Crippen LogP contribution in [0.25, 0.3) is 0 Å². The Balaban J connectivity index is 2.48. The minimum Gasteiger partial charge on any atom is -0.508 e. The average molecular weight is 532 g/mol. The number of thiol groups is 1. The normalized spacial score (nSPS) is 13.6. The molecule has 0 aliphatic rings. The van der Waals surface area contributed by atoms with Gasteiger partial charge in [-0.25, -0.2) is 4.79 Å². The molecule has 3 atom stereocenters. The maximum absolute atomic E-state index is 13.9. The molecule has 0 saturated carbocycles. The van der Waals surface area contributed by atoms with E-state index >= 15 is 0 Å². The number of aromatic hydroxyl groups is 1. The summed E-state index contributed by atoms with van der Waals surface area (Å²) in [5.74, 6) is -0.427. The first kappa shape index (κ1) is 29.8. The third-order valence-electron chi connectivity index (χ3n) is 5.56. The van der Waals surface area contributed by atoms with E-state index < -0.39 is 41.6 Å². The Labute approximate surface area is 223 Å². The molecule has 37 heavy (non-hydrogen) atoms. The van der Waals surface area contributed by atoms with Crippen LogP contribution < -0.4 is 15.4 Å². The van der Waals surface area contributed by atoms with E-state index in [9.17, 15) is 19.5 Å². The van der Waals surface area contributed by atoms with Crippen LogP contribution in [0.2, 0.25) is 0 Å². The summed E-state index contributed by atoms with van der Waals surface area (Å²) in [4.78, 5) is 41.4. The highest BCUT2D eigenvalue weighted by Crippen LogP contribution is 2.30. The monoisotopic (exact) mass is 531 g/mol. The highest BCUT2D eigenvalue weighted by atomic mass is 32.1. The van der Waals surface area contributed by atoms with E-state index in [0.717, 1.165) is 0 Å². The molecule has 0 spiro atoms. The number of rotatable bonds is 10. The fourth-order valence-corrected chi connectivity index (χ4v) is 3.88. The number of anilines is 1. The second kappa shape index (κ2) is 13.2. The summed E-state index contributed by atoms with van der Waals surface area (Å²) in [5, 5.41) is 15.6. The van der Waals surface area contributed by atoms with Crippen LogP contribution in [0.3, 0.4) is 0 Å². The number of nitrogens with zero attached hydrogens (tertiary/aromatic N) is 1. The van der Waals surface area contributed by atoms with Crippen LogP contribution >= 0.6 is 12.6 Å². The van der Waals surface area contributed by atoms with Gasteiger partial charge in [0, 0.05) is 17.5 Å². The van der Waals surface area contributed by atoms with Gasteiger partial charge in [-0.1, -0.05) is 19.1 Å². The first-order chi connectivity index (χ1) is 17.4. The van der Waals surface area contributed by atoms with Gasteiger partial charge in [0.2, 0.25) is 5.91 Å². The van der Waals surface area contributed by atoms with E-state index in [-0.39, 0.29) is 11.5 Å². The van der Waals surface area contributed by atoms with E-state index in [1.54, 1.807) is 64.3 Å². The maximum Gasteiger partial charge on any atom is 0.408 e. The largest absolute Gasteiger partial charge is 0.508 e. The Hall–Kier alpha value is -3.40. The molecule has 0 aliphatic heterocycles. The Kier molecular flexibility index (Phi) is 10.7. The van der Waals surface area contributed by atoms with Crippen LogP contribution in [0, 0.1) is 0 Å². The summed E-state index contributed by atoms with van der Waals surface area (Å²) in [7, 11) is 1.55. The van der Waals surface area contributed by atoms with E-state index in [2.05, 4.69) is 23.3 Å². The highest BCUT2D eigenvalue weighted by Gasteiger charge is 2.38. The van der Waals surface area contributed by atoms with Crippen LogP contribution in [0.15, 0.2) is 48.5 Å². The Morgan fingerprint density at radius 2 is 1.76 bits per heavy atom. The van der Waals surface area contributed by atoms with Crippen molar-refractivity contribution in [2.24, 2.45) is 0 Å². The molecule has 2 aromatic carbocycles. The second-order valence-corrected chi connectivity index (χ2v) is 9.96. The first-order valence-corrected chi connectivity index (χ1v) is 12.7. The molecule has 9 nitrogen and oxygen atoms in total. The van der Waals surface area contributed by atoms with Crippen molar-refractivity contribution in [1.29, 1.82) is 0 Å². The molecule has 0 bridgehead atoms. The third kappa shape index (κ3) is 8.59. The molecule has 3 amide bonds. The van der Waals surface area contributed by atoms with E-state index in [4.69, 9.17) is 9.47 Å². The lowest BCUT2D eigenvalue weighted by atomic mass is 9.99. The Morgan fingerprint density at radius 3 is 2.27 bits per heavy atom. The number of methoxy groups -OCH3 is 1. The molecule has 2 aromatic rings. The summed E-state index contributed by atoms with van der Waals surface area (Å²) in [5.41, 5.74) is 0.160. The molecule has 2 rings (SSSR count). The molecule has 0 heterocycles. The predicted molar refractivity (Wildman–Crippen MR) is 146 cm³/mol. The lowest BCUT2D eigenvalue weighted by molar-refractivity contribution is -0.142. The van der Waals surface area contributed by atoms with Crippen LogP contribution in [0.4, 0.5) is 10.5 Å². The SMILES string of the molecule is CCC(C)N(C(=O)C(CS)NC(=O)OC(C)(C)C)C(C(=O)Nc1ccc(OC)cc1)c1cccc(O)c1. The maximum atomic E-state index is 13.9. The van der Waals surface area contributed by atoms with Crippen molar-refractivity contribution >= 4 is 36.2 Å². The number of amides is 3. The minimum atomic E-state index is -1.11. The molecule has 0 aromatic heterocycles. The molecule has 0 saturated heterocycles. The average Bonchev–Trinajstić information content (AvgIpc) is 2.84. The van der Waals surface area contributed by atoms with Crippen LogP contribution in [0.5, 0.6) is 11.5 Å². The molecular weight excluding hydrogens is 494 g/mol. The van der Waals surface area contributed by atoms with Crippen molar-refractivity contribution in [3.05, 3.63) is 54.1 Å². The molecule has 3 unspecified atom stereocenters. The number of hydrogen-bond donors (Lipinski definition) is 4. The van der Waals surface area contributed by atoms with Crippen molar-refractivity contribution in [1.82, 2.24) is 10.2 Å². The molecule has 0 fully saturated rings. The number of nitrogens with one attached hydrogen (secondary N) is 2. The molecule has 0 aliphatic carbocycles. The zero-order valence-corrected chi connectivity index (χ0v) is 23.0. The number of ether oxygens (including phenoxy) is 2. The topological polar surface area (TPSA) is 117 Å². The van der Waals surface area contributed by atoms with Gasteiger partial charge in [-0.15, -0.1) is 0 Å². The lowest BCUT2D eigenvalue weighted by Crippen LogP contribution is -2.55. The van der Waals surface area contributed by atoms with Crippen molar-refractivity contribution in [2.75, 3.05) is 18.2 Å². The molecule has 202 valence electrons. The van der Waals surface area contributed by atoms with E-state index in [1.165, 1.54) is 17.0 Å². The van der Waals surface area contributed by atoms with Gasteiger partial charge in [0.15, 0.2) is 0 Å². The van der Waals surface area contributed by atoms with Crippen LogP contribution in [0.1, 0.15) is 52.6 Å². The van der Waals surface area contributed by atoms with Gasteiger partial charge in [0.1, 0.15) is 29.2 Å². The third-order valence-corrected chi connectivity index (χ3v) is 5.93. The van der Waals surface area contributed by atoms with Crippen molar-refractivity contribution in [3.8, 4) is 11.5 Å². The first-order valence-electron chi connectivity index (χ1n) is 12.1. The number of alkyl carbamates (subject to hydrolysis) is 1. The fraction of sp³-hybridized carbons (Fsp3) is 0.444. The van der Waals surface area contributed by atoms with Crippen molar-refractivity contribution in [2.45, 2.75) is 64.8 Å². The number of benzene rings is 2. The van der Waals surface area contributed by atoms with Gasteiger partial charge < -0.3 is 30.1 Å². The summed E-state index contributed by atoms with van der Waals surface area (Å²) in [6.07, 6.45) is -0.233. The zero-order chi connectivity index (χ0) is 27.8. The zero-order valence-electron chi connectivity index (χ0n) is 22.1. The van der Waals surface area contributed by atoms with Crippen molar-refractivity contribution < 1.29 is 29.0 Å². The number of phenols is 1. The lowest BCUT2D eigenvalue weighted by Gasteiger charge is -2.38. The van der Waals surface area contributed by atoms with Crippen LogP contribution in [-0.2, 0) is 14.3 Å². The van der Waals surface area contributed by atoms with Gasteiger partial charge in [0.05, 0.1) is 7.11 Å². The molecule has 0 radical (unpaired) electrons. The minimum absolute atomic E-state index is 0.0160. The number of carbonyl (C=O) groups excluding carboxylic acids is 3. The molecule has 10 heteroatoms. The van der Waals surface area contributed by atoms with Gasteiger partial charge in [-0.3, -0.25) is 9.59 Å². The fourth-order valence-electron chi connectivity index (χ4n) is 3.63. The highest BCUT2D eigenvalue weighted by molar-refractivity contribution is 7.80. The van der Waals surface area contributed by atoms with Gasteiger partial charge in [-0.05, 0) is 76.1 Å². The summed E-state index contributed by atoms with van der Waals surface area (Å²) in [6, 6.07) is 10.4. The Bertz CT molecular complexity index is 1070. The van der Waals surface area contributed by atoms with Gasteiger partial charge >= 0.3 is 6.09 Å². The summed E-state index contributed by atoms with van der Waals surface area (Å²) >= 11 is 4.29. The van der Waals surface area contributed by atoms with E-state index in [1.807, 2.05) is 13.8 Å². The summed E-state index contributed by atoms with van der Waals surface area (Å²) < 4.78 is 10.5. The quantitative estimate of drug-likeness (QED) is 0.335. The van der Waals surface area contributed by atoms with Crippen LogP contribution in [-0.4, -0.2) is 58.5 Å².